The van der Waals surface area contributed by atoms with Gasteiger partial charge >= 0.3 is 6.18 Å². The highest BCUT2D eigenvalue weighted by Crippen LogP contribution is 2.34. The molecule has 0 saturated carbocycles. The van der Waals surface area contributed by atoms with Crippen LogP contribution in [0.25, 0.3) is 11.1 Å². The second-order valence-corrected chi connectivity index (χ2v) is 5.63. The highest BCUT2D eigenvalue weighted by molar-refractivity contribution is 5.96. The van der Waals surface area contributed by atoms with E-state index in [0.717, 1.165) is 23.3 Å². The van der Waals surface area contributed by atoms with Crippen molar-refractivity contribution in [1.29, 1.82) is 0 Å². The summed E-state index contributed by atoms with van der Waals surface area (Å²) in [4.78, 5) is 23.7. The molecule has 3 rings (SSSR count). The van der Waals surface area contributed by atoms with E-state index < -0.39 is 11.7 Å². The summed E-state index contributed by atoms with van der Waals surface area (Å²) >= 11 is 0. The number of carbonyl (C=O) groups excluding carboxylic acids is 2. The third-order valence-electron chi connectivity index (χ3n) is 4.10. The Labute approximate surface area is 141 Å². The summed E-state index contributed by atoms with van der Waals surface area (Å²) in [6.07, 6.45) is -3.56. The summed E-state index contributed by atoms with van der Waals surface area (Å²) in [6.45, 7) is 0.118. The third kappa shape index (κ3) is 3.50. The quantitative estimate of drug-likeness (QED) is 0.789. The van der Waals surface area contributed by atoms with Gasteiger partial charge in [-0.1, -0.05) is 18.2 Å². The van der Waals surface area contributed by atoms with Crippen molar-refractivity contribution < 1.29 is 27.5 Å². The monoisotopic (exact) mass is 349 g/mol. The molecule has 1 amide bonds. The zero-order valence-electron chi connectivity index (χ0n) is 13.0. The van der Waals surface area contributed by atoms with Gasteiger partial charge in [-0.15, -0.1) is 0 Å². The van der Waals surface area contributed by atoms with Crippen molar-refractivity contribution in [3.05, 3.63) is 53.6 Å². The summed E-state index contributed by atoms with van der Waals surface area (Å²) in [5.74, 6) is -0.142. The lowest BCUT2D eigenvalue weighted by molar-refractivity contribution is -0.137. The Morgan fingerprint density at radius 2 is 1.72 bits per heavy atom. The molecule has 0 aliphatic carbocycles. The Morgan fingerprint density at radius 1 is 1.04 bits per heavy atom. The molecule has 0 radical (unpaired) electrons. The molecule has 1 heterocycles. The number of anilines is 1. The van der Waals surface area contributed by atoms with E-state index in [9.17, 15) is 22.8 Å². The molecule has 0 aromatic heterocycles. The highest BCUT2D eigenvalue weighted by atomic mass is 19.4. The van der Waals surface area contributed by atoms with Gasteiger partial charge in [-0.05, 0) is 47.4 Å². The molecule has 0 saturated heterocycles. The van der Waals surface area contributed by atoms with Crippen molar-refractivity contribution >= 4 is 18.1 Å². The zero-order valence-corrected chi connectivity index (χ0v) is 13.0. The topological polar surface area (TPSA) is 46.6 Å². The zero-order chi connectivity index (χ0) is 18.0. The van der Waals surface area contributed by atoms with Crippen LogP contribution < -0.4 is 4.90 Å². The molecule has 2 aromatic carbocycles. The van der Waals surface area contributed by atoms with Gasteiger partial charge in [-0.25, -0.2) is 0 Å². The number of aryl methyl sites for hydroxylation is 1. The van der Waals surface area contributed by atoms with Gasteiger partial charge in [0, 0.05) is 6.42 Å². The summed E-state index contributed by atoms with van der Waals surface area (Å²) < 4.78 is 42.6. The lowest BCUT2D eigenvalue weighted by Gasteiger charge is -2.28. The second kappa shape index (κ2) is 6.58. The fourth-order valence-electron chi connectivity index (χ4n) is 2.84. The molecule has 130 valence electrons. The van der Waals surface area contributed by atoms with Gasteiger partial charge in [0.05, 0.1) is 11.3 Å². The molecule has 25 heavy (non-hydrogen) atoms. The lowest BCUT2D eigenvalue weighted by Crippen LogP contribution is -2.36. The van der Waals surface area contributed by atoms with E-state index in [4.69, 9.17) is 0 Å². The summed E-state index contributed by atoms with van der Waals surface area (Å²) in [5.41, 5.74) is 2.25. The fraction of sp³-hybridized carbons (Fsp3) is 0.222. The molecule has 0 fully saturated rings. The molecule has 4 nitrogen and oxygen atoms in total. The van der Waals surface area contributed by atoms with Gasteiger partial charge in [0.15, 0.2) is 6.73 Å². The van der Waals surface area contributed by atoms with Crippen LogP contribution in [0.2, 0.25) is 0 Å². The van der Waals surface area contributed by atoms with Gasteiger partial charge < -0.3 is 4.74 Å². The Morgan fingerprint density at radius 3 is 2.36 bits per heavy atom. The number of ether oxygens (including phenoxy) is 1. The minimum atomic E-state index is -4.37. The van der Waals surface area contributed by atoms with Crippen LogP contribution in [0.5, 0.6) is 0 Å². The van der Waals surface area contributed by atoms with Crippen LogP contribution in [0.15, 0.2) is 42.5 Å². The van der Waals surface area contributed by atoms with E-state index in [2.05, 4.69) is 4.74 Å². The Bertz CT molecular complexity index is 800. The normalized spacial score (nSPS) is 14.2. The number of amides is 1. The van der Waals surface area contributed by atoms with Gasteiger partial charge in [0.1, 0.15) is 0 Å². The first-order chi connectivity index (χ1) is 11.9. The maximum Gasteiger partial charge on any atom is 0.416 e. The highest BCUT2D eigenvalue weighted by Gasteiger charge is 2.30. The minimum Gasteiger partial charge on any atom is -0.446 e. The summed E-state index contributed by atoms with van der Waals surface area (Å²) in [5, 5.41) is 0. The van der Waals surface area contributed by atoms with Crippen LogP contribution in [-0.4, -0.2) is 19.1 Å². The van der Waals surface area contributed by atoms with Crippen molar-refractivity contribution in [2.24, 2.45) is 0 Å². The van der Waals surface area contributed by atoms with E-state index in [-0.39, 0.29) is 25.5 Å². The van der Waals surface area contributed by atoms with Crippen molar-refractivity contribution in [3.63, 3.8) is 0 Å². The maximum atomic E-state index is 12.7. The van der Waals surface area contributed by atoms with Crippen LogP contribution >= 0.6 is 0 Å². The van der Waals surface area contributed by atoms with Gasteiger partial charge in [0.25, 0.3) is 6.47 Å². The first kappa shape index (κ1) is 17.0. The van der Waals surface area contributed by atoms with Gasteiger partial charge in [-0.2, -0.15) is 13.2 Å². The van der Waals surface area contributed by atoms with Crippen LogP contribution in [-0.2, 0) is 26.9 Å². The number of benzene rings is 2. The molecule has 7 heteroatoms. The van der Waals surface area contributed by atoms with Crippen molar-refractivity contribution in [3.8, 4) is 11.1 Å². The largest absolute Gasteiger partial charge is 0.446 e. The smallest absolute Gasteiger partial charge is 0.416 e. The molecule has 1 aliphatic rings. The third-order valence-corrected chi connectivity index (χ3v) is 4.10. The lowest BCUT2D eigenvalue weighted by atomic mass is 9.95. The average molecular weight is 349 g/mol. The number of carbonyl (C=O) groups is 2. The SMILES string of the molecule is O=COCN1C(=O)CCc2cc(-c3ccc(C(F)(F)F)cc3)ccc21. The van der Waals surface area contributed by atoms with Crippen LogP contribution in [0, 0.1) is 0 Å². The van der Waals surface area contributed by atoms with Crippen molar-refractivity contribution in [1.82, 2.24) is 0 Å². The molecule has 1 aliphatic heterocycles. The summed E-state index contributed by atoms with van der Waals surface area (Å²) in [6, 6.07) is 10.2. The molecule has 0 atom stereocenters. The number of halogens is 3. The first-order valence-corrected chi connectivity index (χ1v) is 7.56. The van der Waals surface area contributed by atoms with E-state index >= 15 is 0 Å². The van der Waals surface area contributed by atoms with Crippen LogP contribution in [0.4, 0.5) is 18.9 Å². The number of rotatable bonds is 4. The van der Waals surface area contributed by atoms with Crippen molar-refractivity contribution in [2.45, 2.75) is 19.0 Å². The fourth-order valence-corrected chi connectivity index (χ4v) is 2.84. The second-order valence-electron chi connectivity index (χ2n) is 5.63. The van der Waals surface area contributed by atoms with E-state index in [0.29, 0.717) is 17.7 Å². The van der Waals surface area contributed by atoms with Crippen molar-refractivity contribution in [2.75, 3.05) is 11.6 Å². The molecule has 0 bridgehead atoms. The van der Waals surface area contributed by atoms with Crippen LogP contribution in [0.3, 0.4) is 0 Å². The molecule has 2 aromatic rings. The van der Waals surface area contributed by atoms with E-state index in [1.54, 1.807) is 12.1 Å². The molecule has 0 spiro atoms. The average Bonchev–Trinajstić information content (AvgIpc) is 2.60. The molecule has 0 unspecified atom stereocenters. The molecular formula is C18H14F3NO3. The predicted octanol–water partition coefficient (Wildman–Crippen LogP) is 3.78. The Hall–Kier alpha value is -2.83. The number of nitrogens with zero attached hydrogens (tertiary/aromatic N) is 1. The molecular weight excluding hydrogens is 335 g/mol. The Balaban J connectivity index is 1.91. The maximum absolute atomic E-state index is 12.7. The first-order valence-electron chi connectivity index (χ1n) is 7.56. The number of fused-ring (bicyclic) bond motifs is 1. The Kier molecular flexibility index (Phi) is 4.48. The van der Waals surface area contributed by atoms with Gasteiger partial charge in [-0.3, -0.25) is 14.5 Å². The number of hydrogen-bond donors (Lipinski definition) is 0. The number of hydrogen-bond acceptors (Lipinski definition) is 3. The standard InChI is InChI=1S/C18H14F3NO3/c19-18(20,21)15-5-1-12(2-6-15)13-3-7-16-14(9-13)4-8-17(24)22(16)10-25-11-23/h1-3,5-7,9,11H,4,8,10H2. The van der Waals surface area contributed by atoms with Gasteiger partial charge in [0.2, 0.25) is 5.91 Å². The summed E-state index contributed by atoms with van der Waals surface area (Å²) in [7, 11) is 0. The number of alkyl halides is 3. The predicted molar refractivity (Wildman–Crippen MR) is 84.7 cm³/mol. The minimum absolute atomic E-state index is 0.142. The van der Waals surface area contributed by atoms with Crippen LogP contribution in [0.1, 0.15) is 17.5 Å². The van der Waals surface area contributed by atoms with E-state index in [1.807, 2.05) is 6.07 Å². The molecule has 0 N–H and O–H groups in total. The van der Waals surface area contributed by atoms with E-state index in [1.165, 1.54) is 17.0 Å².